The first-order valence-electron chi connectivity index (χ1n) is 3.65. The third kappa shape index (κ3) is 1.48. The van der Waals surface area contributed by atoms with Crippen LogP contribution >= 0.6 is 0 Å². The van der Waals surface area contributed by atoms with E-state index in [4.69, 9.17) is 10.2 Å². The number of furan rings is 1. The summed E-state index contributed by atoms with van der Waals surface area (Å²) in [5, 5.41) is 0. The lowest BCUT2D eigenvalue weighted by molar-refractivity contribution is -0.0461. The maximum atomic E-state index is 13.1. The van der Waals surface area contributed by atoms with E-state index in [1.165, 1.54) is 19.1 Å². The van der Waals surface area contributed by atoms with Crippen LogP contribution in [0.4, 0.5) is 8.78 Å². The molecule has 0 aromatic carbocycles. The molecule has 1 atom stereocenters. The molecule has 0 amide bonds. The monoisotopic (exact) mass is 175 g/mol. The Bertz CT molecular complexity index is 268. The first-order chi connectivity index (χ1) is 5.44. The number of hydrogen-bond donors (Lipinski definition) is 1. The van der Waals surface area contributed by atoms with Crippen molar-refractivity contribution in [3.05, 3.63) is 23.7 Å². The van der Waals surface area contributed by atoms with Gasteiger partial charge in [0.2, 0.25) is 0 Å². The second kappa shape index (κ2) is 2.86. The van der Waals surface area contributed by atoms with Crippen LogP contribution in [0.1, 0.15) is 18.4 Å². The Hall–Kier alpha value is -0.900. The van der Waals surface area contributed by atoms with Gasteiger partial charge in [-0.05, 0) is 26.0 Å². The van der Waals surface area contributed by atoms with Crippen molar-refractivity contribution in [3.63, 3.8) is 0 Å². The van der Waals surface area contributed by atoms with Gasteiger partial charge in [-0.3, -0.25) is 0 Å². The fraction of sp³-hybridized carbons (Fsp3) is 0.500. The first kappa shape index (κ1) is 9.19. The Morgan fingerprint density at radius 3 is 2.42 bits per heavy atom. The lowest BCUT2D eigenvalue weighted by Crippen LogP contribution is -2.35. The normalized spacial score (nSPS) is 14.8. The minimum Gasteiger partial charge on any atom is -0.460 e. The molecule has 4 heteroatoms. The minimum atomic E-state index is -3.08. The molecule has 1 aromatic heterocycles. The SMILES string of the molecule is Cc1ccc(C(F)(F)C(C)N)o1. The highest BCUT2D eigenvalue weighted by atomic mass is 19.3. The Kier molecular flexibility index (Phi) is 2.19. The summed E-state index contributed by atoms with van der Waals surface area (Å²) in [5.74, 6) is -2.98. The molecule has 0 fully saturated rings. The van der Waals surface area contributed by atoms with E-state index in [9.17, 15) is 8.78 Å². The Morgan fingerprint density at radius 2 is 2.08 bits per heavy atom. The molecule has 0 saturated heterocycles. The van der Waals surface area contributed by atoms with Crippen LogP contribution in [0.15, 0.2) is 16.5 Å². The molecular formula is C8H11F2NO. The highest BCUT2D eigenvalue weighted by Crippen LogP contribution is 2.31. The van der Waals surface area contributed by atoms with Crippen LogP contribution in [0.3, 0.4) is 0 Å². The van der Waals surface area contributed by atoms with Crippen molar-refractivity contribution >= 4 is 0 Å². The van der Waals surface area contributed by atoms with Crippen LogP contribution in [-0.4, -0.2) is 6.04 Å². The van der Waals surface area contributed by atoms with Crippen LogP contribution in [0, 0.1) is 6.92 Å². The van der Waals surface area contributed by atoms with Gasteiger partial charge in [0.25, 0.3) is 0 Å². The predicted octanol–water partition coefficient (Wildman–Crippen LogP) is 2.03. The van der Waals surface area contributed by atoms with E-state index in [0.717, 1.165) is 0 Å². The van der Waals surface area contributed by atoms with Crippen molar-refractivity contribution in [3.8, 4) is 0 Å². The summed E-state index contributed by atoms with van der Waals surface area (Å²) in [6, 6.07) is 1.51. The first-order valence-corrected chi connectivity index (χ1v) is 3.65. The molecule has 1 aromatic rings. The average molecular weight is 175 g/mol. The second-order valence-electron chi connectivity index (χ2n) is 2.82. The van der Waals surface area contributed by atoms with Gasteiger partial charge in [-0.15, -0.1) is 0 Å². The standard InChI is InChI=1S/C8H11F2NO/c1-5-3-4-7(12-5)8(9,10)6(2)11/h3-4,6H,11H2,1-2H3. The Morgan fingerprint density at radius 1 is 1.50 bits per heavy atom. The molecule has 0 aliphatic rings. The van der Waals surface area contributed by atoms with Crippen molar-refractivity contribution < 1.29 is 13.2 Å². The van der Waals surface area contributed by atoms with Gasteiger partial charge in [-0.2, -0.15) is 8.78 Å². The summed E-state index contributed by atoms with van der Waals surface area (Å²) in [6.45, 7) is 2.86. The fourth-order valence-corrected chi connectivity index (χ4v) is 0.838. The number of rotatable bonds is 2. The quantitative estimate of drug-likeness (QED) is 0.746. The van der Waals surface area contributed by atoms with Crippen molar-refractivity contribution in [2.75, 3.05) is 0 Å². The van der Waals surface area contributed by atoms with Crippen LogP contribution in [0.25, 0.3) is 0 Å². The third-order valence-corrected chi connectivity index (χ3v) is 1.64. The maximum absolute atomic E-state index is 13.1. The molecule has 0 spiro atoms. The van der Waals surface area contributed by atoms with E-state index in [1.54, 1.807) is 6.92 Å². The highest BCUT2D eigenvalue weighted by Gasteiger charge is 2.39. The molecule has 2 nitrogen and oxygen atoms in total. The van der Waals surface area contributed by atoms with Crippen molar-refractivity contribution in [2.24, 2.45) is 5.73 Å². The van der Waals surface area contributed by atoms with E-state index in [1.807, 2.05) is 0 Å². The zero-order valence-corrected chi connectivity index (χ0v) is 6.97. The molecule has 0 radical (unpaired) electrons. The summed E-state index contributed by atoms with van der Waals surface area (Å²) in [6.07, 6.45) is 0. The molecule has 1 unspecified atom stereocenters. The summed E-state index contributed by atoms with van der Waals surface area (Å²) in [7, 11) is 0. The lowest BCUT2D eigenvalue weighted by Gasteiger charge is -2.17. The average Bonchev–Trinajstić information content (AvgIpc) is 2.35. The fourth-order valence-electron chi connectivity index (χ4n) is 0.838. The second-order valence-corrected chi connectivity index (χ2v) is 2.82. The predicted molar refractivity (Wildman–Crippen MR) is 41.0 cm³/mol. The van der Waals surface area contributed by atoms with Crippen molar-refractivity contribution in [2.45, 2.75) is 25.8 Å². The van der Waals surface area contributed by atoms with Crippen LogP contribution < -0.4 is 5.73 Å². The molecular weight excluding hydrogens is 164 g/mol. The number of hydrogen-bond acceptors (Lipinski definition) is 2. The smallest absolute Gasteiger partial charge is 0.319 e. The molecule has 0 aliphatic heterocycles. The van der Waals surface area contributed by atoms with E-state index in [2.05, 4.69) is 0 Å². The number of alkyl halides is 2. The molecule has 0 saturated carbocycles. The van der Waals surface area contributed by atoms with E-state index in [-0.39, 0.29) is 5.76 Å². The van der Waals surface area contributed by atoms with Gasteiger partial charge in [0.1, 0.15) is 5.76 Å². The van der Waals surface area contributed by atoms with Gasteiger partial charge < -0.3 is 10.2 Å². The molecule has 68 valence electrons. The maximum Gasteiger partial charge on any atom is 0.319 e. The van der Waals surface area contributed by atoms with Crippen molar-refractivity contribution in [1.82, 2.24) is 0 Å². The topological polar surface area (TPSA) is 39.2 Å². The molecule has 1 heterocycles. The van der Waals surface area contributed by atoms with E-state index >= 15 is 0 Å². The highest BCUT2D eigenvalue weighted by molar-refractivity contribution is 5.12. The minimum absolute atomic E-state index is 0.366. The van der Waals surface area contributed by atoms with E-state index < -0.39 is 12.0 Å². The van der Waals surface area contributed by atoms with Crippen LogP contribution in [0.2, 0.25) is 0 Å². The molecule has 2 N–H and O–H groups in total. The summed E-state index contributed by atoms with van der Waals surface area (Å²) >= 11 is 0. The van der Waals surface area contributed by atoms with Crippen LogP contribution in [0.5, 0.6) is 0 Å². The number of halogens is 2. The van der Waals surface area contributed by atoms with Gasteiger partial charge in [0.15, 0.2) is 5.76 Å². The molecule has 1 rings (SSSR count). The summed E-state index contributed by atoms with van der Waals surface area (Å²) < 4.78 is 30.9. The largest absolute Gasteiger partial charge is 0.460 e. The summed E-state index contributed by atoms with van der Waals surface area (Å²) in [4.78, 5) is 0. The number of nitrogens with two attached hydrogens (primary N) is 1. The molecule has 0 aliphatic carbocycles. The van der Waals surface area contributed by atoms with Gasteiger partial charge >= 0.3 is 5.92 Å². The van der Waals surface area contributed by atoms with Gasteiger partial charge in [0, 0.05) is 0 Å². The Labute approximate surface area is 69.4 Å². The van der Waals surface area contributed by atoms with Gasteiger partial charge in [0.05, 0.1) is 6.04 Å². The number of aryl methyl sites for hydroxylation is 1. The zero-order chi connectivity index (χ0) is 9.35. The van der Waals surface area contributed by atoms with E-state index in [0.29, 0.717) is 5.76 Å². The van der Waals surface area contributed by atoms with Gasteiger partial charge in [-0.1, -0.05) is 0 Å². The summed E-state index contributed by atoms with van der Waals surface area (Å²) in [5.41, 5.74) is 5.10. The lowest BCUT2D eigenvalue weighted by atomic mass is 10.1. The zero-order valence-electron chi connectivity index (χ0n) is 6.97. The van der Waals surface area contributed by atoms with Gasteiger partial charge in [-0.25, -0.2) is 0 Å². The Balaban J connectivity index is 2.97. The third-order valence-electron chi connectivity index (χ3n) is 1.64. The van der Waals surface area contributed by atoms with Crippen LogP contribution in [-0.2, 0) is 5.92 Å². The van der Waals surface area contributed by atoms with Crippen molar-refractivity contribution in [1.29, 1.82) is 0 Å². The molecule has 12 heavy (non-hydrogen) atoms. The molecule has 0 bridgehead atoms.